The molecular weight excluding hydrogens is 494 g/mol. The molecule has 1 aromatic heterocycles. The molecule has 0 atom stereocenters. The highest BCUT2D eigenvalue weighted by Gasteiger charge is 2.26. The predicted molar refractivity (Wildman–Crippen MR) is 142 cm³/mol. The molecule has 1 heterocycles. The maximum absolute atomic E-state index is 13.5. The van der Waals surface area contributed by atoms with Crippen molar-refractivity contribution in [3.63, 3.8) is 0 Å². The lowest BCUT2D eigenvalue weighted by molar-refractivity contribution is -0.384. The molecule has 0 aliphatic rings. The van der Waals surface area contributed by atoms with Gasteiger partial charge in [-0.1, -0.05) is 18.2 Å². The van der Waals surface area contributed by atoms with E-state index in [0.29, 0.717) is 31.0 Å². The Morgan fingerprint density at radius 2 is 1.78 bits per heavy atom. The van der Waals surface area contributed by atoms with Crippen LogP contribution in [0.2, 0.25) is 0 Å². The van der Waals surface area contributed by atoms with Crippen LogP contribution in [0, 0.1) is 10.1 Å². The van der Waals surface area contributed by atoms with Crippen LogP contribution in [0.1, 0.15) is 34.6 Å². The molecule has 0 N–H and O–H groups in total. The Bertz CT molecular complexity index is 1230. The lowest BCUT2D eigenvalue weighted by Gasteiger charge is -2.30. The van der Waals surface area contributed by atoms with E-state index in [1.54, 1.807) is 30.5 Å². The van der Waals surface area contributed by atoms with Crippen molar-refractivity contribution >= 4 is 28.8 Å². The Balaban J connectivity index is 1.79. The number of amides is 2. The van der Waals surface area contributed by atoms with Gasteiger partial charge in [-0.05, 0) is 55.5 Å². The van der Waals surface area contributed by atoms with Gasteiger partial charge in [-0.3, -0.25) is 19.7 Å². The van der Waals surface area contributed by atoms with E-state index in [4.69, 9.17) is 9.47 Å². The molecule has 0 bridgehead atoms. The van der Waals surface area contributed by atoms with Gasteiger partial charge in [-0.25, -0.2) is 0 Å². The molecule has 9 nitrogen and oxygen atoms in total. The first-order valence-electron chi connectivity index (χ1n) is 11.8. The second kappa shape index (κ2) is 12.9. The Kier molecular flexibility index (Phi) is 9.62. The van der Waals surface area contributed by atoms with E-state index in [1.165, 1.54) is 29.2 Å². The molecule has 0 unspecified atom stereocenters. The van der Waals surface area contributed by atoms with Gasteiger partial charge in [0.25, 0.3) is 11.6 Å². The van der Waals surface area contributed by atoms with Crippen molar-refractivity contribution in [3.8, 4) is 11.5 Å². The van der Waals surface area contributed by atoms with E-state index in [9.17, 15) is 19.7 Å². The van der Waals surface area contributed by atoms with Gasteiger partial charge in [-0.2, -0.15) is 0 Å². The summed E-state index contributed by atoms with van der Waals surface area (Å²) in [6.45, 7) is 4.34. The Labute approximate surface area is 220 Å². The van der Waals surface area contributed by atoms with Crippen LogP contribution >= 0.6 is 11.3 Å². The van der Waals surface area contributed by atoms with Crippen molar-refractivity contribution in [2.75, 3.05) is 27.3 Å². The number of nitro benzene ring substituents is 1. The SMILES string of the molecule is COc1ccc(CCN(Cc2cccs2)C(=O)CN(C(=O)c2cccc([N+](=O)[O-])c2)C(C)C)cc1OC. The van der Waals surface area contributed by atoms with Crippen molar-refractivity contribution in [3.05, 3.63) is 86.1 Å². The molecule has 0 radical (unpaired) electrons. The second-order valence-corrected chi connectivity index (χ2v) is 9.70. The van der Waals surface area contributed by atoms with Crippen LogP contribution in [0.3, 0.4) is 0 Å². The molecule has 10 heteroatoms. The minimum atomic E-state index is -0.543. The normalized spacial score (nSPS) is 10.7. The molecular formula is C27H31N3O6S. The molecule has 37 heavy (non-hydrogen) atoms. The van der Waals surface area contributed by atoms with Crippen LogP contribution in [-0.2, 0) is 17.8 Å². The summed E-state index contributed by atoms with van der Waals surface area (Å²) in [4.78, 5) is 41.6. The Morgan fingerprint density at radius 1 is 1.03 bits per heavy atom. The van der Waals surface area contributed by atoms with Crippen LogP contribution < -0.4 is 9.47 Å². The first-order chi connectivity index (χ1) is 17.7. The summed E-state index contributed by atoms with van der Waals surface area (Å²) in [5.74, 6) is 0.610. The van der Waals surface area contributed by atoms with E-state index in [2.05, 4.69) is 0 Å². The smallest absolute Gasteiger partial charge is 0.270 e. The molecule has 3 aromatic rings. The highest BCUT2D eigenvalue weighted by atomic mass is 32.1. The molecule has 0 aliphatic heterocycles. The first-order valence-corrected chi connectivity index (χ1v) is 12.7. The van der Waals surface area contributed by atoms with Gasteiger partial charge in [0.1, 0.15) is 6.54 Å². The highest BCUT2D eigenvalue weighted by Crippen LogP contribution is 2.28. The zero-order valence-electron chi connectivity index (χ0n) is 21.4. The highest BCUT2D eigenvalue weighted by molar-refractivity contribution is 7.09. The quantitative estimate of drug-likeness (QED) is 0.249. The summed E-state index contributed by atoms with van der Waals surface area (Å²) in [6, 6.07) is 14.8. The van der Waals surface area contributed by atoms with Crippen LogP contribution in [-0.4, -0.2) is 59.9 Å². The molecule has 3 rings (SSSR count). The number of nitrogens with zero attached hydrogens (tertiary/aromatic N) is 3. The lowest BCUT2D eigenvalue weighted by Crippen LogP contribution is -2.46. The van der Waals surface area contributed by atoms with Crippen molar-refractivity contribution in [2.24, 2.45) is 0 Å². The fourth-order valence-electron chi connectivity index (χ4n) is 3.84. The molecule has 2 aromatic carbocycles. The average Bonchev–Trinajstić information content (AvgIpc) is 3.42. The summed E-state index contributed by atoms with van der Waals surface area (Å²) in [5, 5.41) is 13.1. The number of methoxy groups -OCH3 is 2. The van der Waals surface area contributed by atoms with Gasteiger partial charge in [0.15, 0.2) is 11.5 Å². The van der Waals surface area contributed by atoms with Crippen LogP contribution in [0.5, 0.6) is 11.5 Å². The standard InChI is InChI=1S/C27H31N3O6S/c1-19(2)29(27(32)21-7-5-8-22(16-21)30(33)34)18-26(31)28(17-23-9-6-14-37-23)13-12-20-10-11-24(35-3)25(15-20)36-4/h5-11,14-16,19H,12-13,17-18H2,1-4H3. The topological polar surface area (TPSA) is 102 Å². The number of rotatable bonds is 12. The molecule has 0 saturated carbocycles. The number of nitro groups is 1. The van der Waals surface area contributed by atoms with E-state index in [0.717, 1.165) is 10.4 Å². The first kappa shape index (κ1) is 27.7. The monoisotopic (exact) mass is 525 g/mol. The summed E-state index contributed by atoms with van der Waals surface area (Å²) >= 11 is 1.56. The summed E-state index contributed by atoms with van der Waals surface area (Å²) in [5.41, 5.74) is 0.982. The molecule has 0 spiro atoms. The zero-order valence-corrected chi connectivity index (χ0v) is 22.2. The third-order valence-electron chi connectivity index (χ3n) is 5.89. The van der Waals surface area contributed by atoms with Gasteiger partial charge in [0.05, 0.1) is 25.7 Å². The van der Waals surface area contributed by atoms with Gasteiger partial charge in [0.2, 0.25) is 5.91 Å². The van der Waals surface area contributed by atoms with Gasteiger partial charge >= 0.3 is 0 Å². The van der Waals surface area contributed by atoms with Crippen LogP contribution in [0.4, 0.5) is 5.69 Å². The number of hydrogen-bond acceptors (Lipinski definition) is 7. The summed E-state index contributed by atoms with van der Waals surface area (Å²) in [7, 11) is 3.15. The number of thiophene rings is 1. The molecule has 2 amide bonds. The summed E-state index contributed by atoms with van der Waals surface area (Å²) in [6.07, 6.45) is 0.581. The predicted octanol–water partition coefficient (Wildman–Crippen LogP) is 4.80. The fourth-order valence-corrected chi connectivity index (χ4v) is 4.56. The minimum Gasteiger partial charge on any atom is -0.493 e. The minimum absolute atomic E-state index is 0.142. The number of hydrogen-bond donors (Lipinski definition) is 0. The number of ether oxygens (including phenoxy) is 2. The third kappa shape index (κ3) is 7.29. The third-order valence-corrected chi connectivity index (χ3v) is 6.75. The van der Waals surface area contributed by atoms with Gasteiger partial charge in [0, 0.05) is 35.2 Å². The average molecular weight is 526 g/mol. The molecule has 0 aliphatic carbocycles. The number of non-ortho nitro benzene ring substituents is 1. The van der Waals surface area contributed by atoms with E-state index < -0.39 is 10.8 Å². The molecule has 196 valence electrons. The fraction of sp³-hybridized carbons (Fsp3) is 0.333. The van der Waals surface area contributed by atoms with Crippen LogP contribution in [0.25, 0.3) is 0 Å². The molecule has 0 fully saturated rings. The van der Waals surface area contributed by atoms with Crippen molar-refractivity contribution in [1.29, 1.82) is 0 Å². The van der Waals surface area contributed by atoms with E-state index in [-0.39, 0.29) is 29.7 Å². The number of carbonyl (C=O) groups excluding carboxylic acids is 2. The maximum Gasteiger partial charge on any atom is 0.270 e. The molecule has 0 saturated heterocycles. The van der Waals surface area contributed by atoms with Crippen molar-refractivity contribution < 1.29 is 24.0 Å². The Morgan fingerprint density at radius 3 is 2.41 bits per heavy atom. The Hall–Kier alpha value is -3.92. The van der Waals surface area contributed by atoms with Gasteiger partial charge < -0.3 is 19.3 Å². The van der Waals surface area contributed by atoms with Crippen LogP contribution in [0.15, 0.2) is 60.0 Å². The number of benzene rings is 2. The van der Waals surface area contributed by atoms with Crippen molar-refractivity contribution in [2.45, 2.75) is 32.9 Å². The summed E-state index contributed by atoms with van der Waals surface area (Å²) < 4.78 is 10.7. The van der Waals surface area contributed by atoms with E-state index in [1.807, 2.05) is 49.6 Å². The second-order valence-electron chi connectivity index (χ2n) is 8.67. The zero-order chi connectivity index (χ0) is 26.9. The lowest BCUT2D eigenvalue weighted by atomic mass is 10.1. The largest absolute Gasteiger partial charge is 0.493 e. The van der Waals surface area contributed by atoms with E-state index >= 15 is 0 Å². The maximum atomic E-state index is 13.5. The number of carbonyl (C=O) groups is 2. The van der Waals surface area contributed by atoms with Gasteiger partial charge in [-0.15, -0.1) is 11.3 Å². The van der Waals surface area contributed by atoms with Crippen molar-refractivity contribution in [1.82, 2.24) is 9.80 Å².